The molecule has 6 heteroatoms. The molecule has 0 radical (unpaired) electrons. The summed E-state index contributed by atoms with van der Waals surface area (Å²) < 4.78 is 13.2. The van der Waals surface area contributed by atoms with Crippen LogP contribution < -0.4 is 9.47 Å². The van der Waals surface area contributed by atoms with E-state index >= 15 is 0 Å². The smallest absolute Gasteiger partial charge is 0.246 e. The molecule has 0 saturated carbocycles. The molecule has 0 bridgehead atoms. The van der Waals surface area contributed by atoms with E-state index in [-0.39, 0.29) is 5.91 Å². The number of ether oxygens (including phenoxy) is 2. The SMILES string of the molecule is COc1cc(CN(C)C(=O)/C=C/c2c(C)nn(C)c2C)ccc1OCc1ccccc1. The molecule has 0 aliphatic rings. The quantitative estimate of drug-likeness (QED) is 0.511. The lowest BCUT2D eigenvalue weighted by Gasteiger charge is -2.17. The predicted octanol–water partition coefficient (Wildman–Crippen LogP) is 4.30. The fraction of sp³-hybridized carbons (Fsp3) is 0.280. The van der Waals surface area contributed by atoms with Gasteiger partial charge in [-0.1, -0.05) is 36.4 Å². The maximum absolute atomic E-state index is 12.6. The van der Waals surface area contributed by atoms with Crippen LogP contribution >= 0.6 is 0 Å². The van der Waals surface area contributed by atoms with Crippen molar-refractivity contribution >= 4 is 12.0 Å². The summed E-state index contributed by atoms with van der Waals surface area (Å²) in [5.41, 5.74) is 4.96. The van der Waals surface area contributed by atoms with Crippen LogP contribution in [0.2, 0.25) is 0 Å². The number of methoxy groups -OCH3 is 1. The number of nitrogens with zero attached hydrogens (tertiary/aromatic N) is 3. The van der Waals surface area contributed by atoms with Crippen LogP contribution in [0.3, 0.4) is 0 Å². The minimum Gasteiger partial charge on any atom is -0.493 e. The number of carbonyl (C=O) groups excluding carboxylic acids is 1. The van der Waals surface area contributed by atoms with E-state index in [9.17, 15) is 4.79 Å². The Balaban J connectivity index is 1.64. The van der Waals surface area contributed by atoms with Gasteiger partial charge in [0.2, 0.25) is 5.91 Å². The highest BCUT2D eigenvalue weighted by atomic mass is 16.5. The largest absolute Gasteiger partial charge is 0.493 e. The molecule has 0 N–H and O–H groups in total. The van der Waals surface area contributed by atoms with Crippen molar-refractivity contribution in [2.24, 2.45) is 7.05 Å². The van der Waals surface area contributed by atoms with Gasteiger partial charge in [-0.05, 0) is 43.2 Å². The van der Waals surface area contributed by atoms with Crippen LogP contribution in [0.4, 0.5) is 0 Å². The zero-order valence-electron chi connectivity index (χ0n) is 18.8. The van der Waals surface area contributed by atoms with Crippen molar-refractivity contribution < 1.29 is 14.3 Å². The number of aromatic nitrogens is 2. The van der Waals surface area contributed by atoms with E-state index in [0.29, 0.717) is 24.7 Å². The van der Waals surface area contributed by atoms with E-state index in [4.69, 9.17) is 9.47 Å². The number of amides is 1. The molecular weight excluding hydrogens is 390 g/mol. The van der Waals surface area contributed by atoms with Crippen molar-refractivity contribution in [3.05, 3.63) is 82.7 Å². The third-order valence-corrected chi connectivity index (χ3v) is 5.22. The highest BCUT2D eigenvalue weighted by Gasteiger charge is 2.12. The first-order valence-electron chi connectivity index (χ1n) is 10.2. The van der Waals surface area contributed by atoms with E-state index in [1.54, 1.807) is 25.1 Å². The van der Waals surface area contributed by atoms with E-state index in [2.05, 4.69) is 5.10 Å². The minimum absolute atomic E-state index is 0.0778. The fourth-order valence-corrected chi connectivity index (χ4v) is 3.33. The second-order valence-corrected chi connectivity index (χ2v) is 7.50. The molecule has 0 unspecified atom stereocenters. The number of carbonyl (C=O) groups is 1. The van der Waals surface area contributed by atoms with Crippen LogP contribution in [0.1, 0.15) is 28.1 Å². The van der Waals surface area contributed by atoms with Gasteiger partial charge in [-0.3, -0.25) is 9.48 Å². The number of rotatable bonds is 8. The van der Waals surface area contributed by atoms with Crippen molar-refractivity contribution in [1.29, 1.82) is 0 Å². The molecule has 0 saturated heterocycles. The molecule has 31 heavy (non-hydrogen) atoms. The first-order chi connectivity index (χ1) is 14.9. The number of hydrogen-bond donors (Lipinski definition) is 0. The lowest BCUT2D eigenvalue weighted by molar-refractivity contribution is -0.125. The third-order valence-electron chi connectivity index (χ3n) is 5.22. The molecule has 162 valence electrons. The second kappa shape index (κ2) is 9.98. The van der Waals surface area contributed by atoms with Crippen molar-refractivity contribution in [2.45, 2.75) is 27.0 Å². The lowest BCUT2D eigenvalue weighted by Crippen LogP contribution is -2.24. The van der Waals surface area contributed by atoms with E-state index in [1.807, 2.05) is 80.2 Å². The molecule has 0 atom stereocenters. The Kier molecular flexibility index (Phi) is 7.13. The molecule has 3 rings (SSSR count). The van der Waals surface area contributed by atoms with Gasteiger partial charge in [0.25, 0.3) is 0 Å². The monoisotopic (exact) mass is 419 g/mol. The molecule has 1 heterocycles. The maximum atomic E-state index is 12.6. The van der Waals surface area contributed by atoms with Gasteiger partial charge < -0.3 is 14.4 Å². The van der Waals surface area contributed by atoms with Crippen LogP contribution in [0.25, 0.3) is 6.08 Å². The summed E-state index contributed by atoms with van der Waals surface area (Å²) in [6.07, 6.45) is 3.42. The summed E-state index contributed by atoms with van der Waals surface area (Å²) in [4.78, 5) is 14.3. The zero-order chi connectivity index (χ0) is 22.4. The molecule has 2 aromatic carbocycles. The van der Waals surface area contributed by atoms with Crippen LogP contribution in [0.15, 0.2) is 54.6 Å². The molecule has 0 fully saturated rings. The first-order valence-corrected chi connectivity index (χ1v) is 10.2. The summed E-state index contributed by atoms with van der Waals surface area (Å²) in [5.74, 6) is 1.24. The van der Waals surface area contributed by atoms with Crippen LogP contribution in [-0.4, -0.2) is 34.7 Å². The summed E-state index contributed by atoms with van der Waals surface area (Å²) in [6, 6.07) is 15.7. The normalized spacial score (nSPS) is 11.0. The zero-order valence-corrected chi connectivity index (χ0v) is 18.8. The van der Waals surface area contributed by atoms with Crippen molar-refractivity contribution in [2.75, 3.05) is 14.2 Å². The van der Waals surface area contributed by atoms with Crippen LogP contribution in [-0.2, 0) is 25.0 Å². The average Bonchev–Trinajstić information content (AvgIpc) is 3.02. The van der Waals surface area contributed by atoms with Crippen LogP contribution in [0.5, 0.6) is 11.5 Å². The molecule has 3 aromatic rings. The molecular formula is C25H29N3O3. The van der Waals surface area contributed by atoms with Gasteiger partial charge >= 0.3 is 0 Å². The van der Waals surface area contributed by atoms with Crippen molar-refractivity contribution in [3.8, 4) is 11.5 Å². The van der Waals surface area contributed by atoms with Gasteiger partial charge in [-0.15, -0.1) is 0 Å². The van der Waals surface area contributed by atoms with Gasteiger partial charge in [-0.2, -0.15) is 5.10 Å². The van der Waals surface area contributed by atoms with Gasteiger partial charge in [0.1, 0.15) is 6.61 Å². The van der Waals surface area contributed by atoms with Crippen molar-refractivity contribution in [1.82, 2.24) is 14.7 Å². The Bertz CT molecular complexity index is 1070. The standard InChI is InChI=1S/C25H29N3O3/c1-18-22(19(2)28(4)26-18)12-14-25(29)27(3)16-21-11-13-23(24(15-21)30-5)31-17-20-9-7-6-8-10-20/h6-15H,16-17H2,1-5H3/b14-12+. The van der Waals surface area contributed by atoms with Gasteiger partial charge in [0.05, 0.1) is 12.8 Å². The average molecular weight is 420 g/mol. The Morgan fingerprint density at radius 1 is 1.10 bits per heavy atom. The number of benzene rings is 2. The van der Waals surface area contributed by atoms with Crippen LogP contribution in [0, 0.1) is 13.8 Å². The van der Waals surface area contributed by atoms with Gasteiger partial charge in [0.15, 0.2) is 11.5 Å². The second-order valence-electron chi connectivity index (χ2n) is 7.50. The maximum Gasteiger partial charge on any atom is 0.246 e. The topological polar surface area (TPSA) is 56.6 Å². The molecule has 0 spiro atoms. The fourth-order valence-electron chi connectivity index (χ4n) is 3.33. The molecule has 6 nitrogen and oxygen atoms in total. The Hall–Kier alpha value is -3.54. The van der Waals surface area contributed by atoms with Crippen molar-refractivity contribution in [3.63, 3.8) is 0 Å². The number of hydrogen-bond acceptors (Lipinski definition) is 4. The summed E-state index contributed by atoms with van der Waals surface area (Å²) in [5, 5.41) is 4.38. The van der Waals surface area contributed by atoms with E-state index < -0.39 is 0 Å². The summed E-state index contributed by atoms with van der Waals surface area (Å²) in [6.45, 7) is 4.85. The molecule has 0 aliphatic carbocycles. The predicted molar refractivity (Wildman–Crippen MR) is 122 cm³/mol. The van der Waals surface area contributed by atoms with Gasteiger partial charge in [0, 0.05) is 38.0 Å². The van der Waals surface area contributed by atoms with Gasteiger partial charge in [-0.25, -0.2) is 0 Å². The minimum atomic E-state index is -0.0778. The third kappa shape index (κ3) is 5.54. The Morgan fingerprint density at radius 2 is 1.84 bits per heavy atom. The molecule has 0 aliphatic heterocycles. The van der Waals surface area contributed by atoms with E-state index in [0.717, 1.165) is 28.1 Å². The summed E-state index contributed by atoms with van der Waals surface area (Å²) >= 11 is 0. The number of aryl methyl sites for hydroxylation is 2. The van der Waals surface area contributed by atoms with E-state index in [1.165, 1.54) is 0 Å². The Morgan fingerprint density at radius 3 is 2.48 bits per heavy atom. The highest BCUT2D eigenvalue weighted by molar-refractivity contribution is 5.91. The number of likely N-dealkylation sites (N-methyl/N-ethyl adjacent to an activating group) is 1. The highest BCUT2D eigenvalue weighted by Crippen LogP contribution is 2.29. The molecule has 1 aromatic heterocycles. The summed E-state index contributed by atoms with van der Waals surface area (Å²) in [7, 11) is 5.29. The lowest BCUT2D eigenvalue weighted by atomic mass is 10.1. The Labute approximate surface area is 183 Å². The first kappa shape index (κ1) is 22.2. The molecule has 1 amide bonds.